The molecule has 0 radical (unpaired) electrons. The first-order chi connectivity index (χ1) is 16.5. The van der Waals surface area contributed by atoms with Crippen LogP contribution in [0.3, 0.4) is 0 Å². The molecule has 7 nitrogen and oxygen atoms in total. The summed E-state index contributed by atoms with van der Waals surface area (Å²) in [6.07, 6.45) is 10.6. The van der Waals surface area contributed by atoms with Gasteiger partial charge < -0.3 is 15.4 Å². The standard InChI is InChI=1S/C25H25ClN6OS/c1-17-14-25(16-33-17)7-12-32(13-8-25)21-15-30-24(23(27)31-21)34-20-6-11-29-19(22(20)26)3-2-18-4-9-28-10-5-18/h4-6,9-11,15,17H,7-8,12-14,16H2,1H3,(H2,27,31)/t17-/m0/s1. The summed E-state index contributed by atoms with van der Waals surface area (Å²) in [6.45, 7) is 4.90. The zero-order chi connectivity index (χ0) is 23.5. The second kappa shape index (κ2) is 9.79. The highest BCUT2D eigenvalue weighted by atomic mass is 35.5. The number of pyridine rings is 2. The molecule has 5 heterocycles. The van der Waals surface area contributed by atoms with E-state index in [9.17, 15) is 0 Å². The van der Waals surface area contributed by atoms with Gasteiger partial charge in [-0.25, -0.2) is 15.0 Å². The van der Waals surface area contributed by atoms with E-state index in [2.05, 4.69) is 43.6 Å². The summed E-state index contributed by atoms with van der Waals surface area (Å²) in [5, 5.41) is 1.07. The topological polar surface area (TPSA) is 90.1 Å². The lowest BCUT2D eigenvalue weighted by Crippen LogP contribution is -2.41. The number of ether oxygens (including phenoxy) is 1. The Kier molecular flexibility index (Phi) is 6.59. The Hall–Kier alpha value is -2.86. The number of rotatable bonds is 3. The third-order valence-corrected chi connectivity index (χ3v) is 7.92. The van der Waals surface area contributed by atoms with E-state index in [1.807, 2.05) is 18.2 Å². The number of nitrogens with two attached hydrogens (primary N) is 1. The van der Waals surface area contributed by atoms with Crippen LogP contribution in [0.2, 0.25) is 5.02 Å². The maximum Gasteiger partial charge on any atom is 0.158 e. The number of piperidine rings is 1. The van der Waals surface area contributed by atoms with Crippen LogP contribution in [0, 0.1) is 17.3 Å². The molecule has 34 heavy (non-hydrogen) atoms. The molecule has 3 aromatic heterocycles. The Morgan fingerprint density at radius 2 is 1.94 bits per heavy atom. The van der Waals surface area contributed by atoms with Crippen LogP contribution in [0.4, 0.5) is 11.6 Å². The van der Waals surface area contributed by atoms with Crippen LogP contribution in [0.25, 0.3) is 0 Å². The molecule has 0 aliphatic carbocycles. The quantitative estimate of drug-likeness (QED) is 0.536. The van der Waals surface area contributed by atoms with Crippen molar-refractivity contribution in [2.24, 2.45) is 5.41 Å². The normalized spacial score (nSPS) is 19.1. The molecule has 1 atom stereocenters. The smallest absolute Gasteiger partial charge is 0.158 e. The van der Waals surface area contributed by atoms with Crippen LogP contribution in [0.1, 0.15) is 37.4 Å². The van der Waals surface area contributed by atoms with E-state index in [0.29, 0.717) is 33.1 Å². The van der Waals surface area contributed by atoms with E-state index in [-0.39, 0.29) is 0 Å². The van der Waals surface area contributed by atoms with Crippen molar-refractivity contribution in [3.05, 3.63) is 59.3 Å². The second-order valence-corrected chi connectivity index (χ2v) is 10.2. The first kappa shape index (κ1) is 22.9. The van der Waals surface area contributed by atoms with Crippen LogP contribution in [0.5, 0.6) is 0 Å². The summed E-state index contributed by atoms with van der Waals surface area (Å²) in [6, 6.07) is 5.50. The summed E-state index contributed by atoms with van der Waals surface area (Å²) < 4.78 is 5.84. The van der Waals surface area contributed by atoms with E-state index < -0.39 is 0 Å². The summed E-state index contributed by atoms with van der Waals surface area (Å²) >= 11 is 7.96. The van der Waals surface area contributed by atoms with Gasteiger partial charge in [-0.1, -0.05) is 29.3 Å². The van der Waals surface area contributed by atoms with Crippen molar-refractivity contribution in [1.29, 1.82) is 0 Å². The largest absolute Gasteiger partial charge is 0.381 e. The Morgan fingerprint density at radius 3 is 2.65 bits per heavy atom. The molecule has 2 aliphatic rings. The van der Waals surface area contributed by atoms with Gasteiger partial charge in [-0.2, -0.15) is 0 Å². The van der Waals surface area contributed by atoms with Crippen molar-refractivity contribution in [1.82, 2.24) is 19.9 Å². The van der Waals surface area contributed by atoms with Gasteiger partial charge in [-0.15, -0.1) is 0 Å². The molecule has 9 heteroatoms. The van der Waals surface area contributed by atoms with Crippen molar-refractivity contribution >= 4 is 35.0 Å². The number of hydrogen-bond donors (Lipinski definition) is 1. The molecule has 0 saturated carbocycles. The van der Waals surface area contributed by atoms with E-state index in [1.165, 1.54) is 11.8 Å². The highest BCUT2D eigenvalue weighted by Crippen LogP contribution is 2.42. The average molecular weight is 493 g/mol. The predicted molar refractivity (Wildman–Crippen MR) is 134 cm³/mol. The molecule has 3 aromatic rings. The van der Waals surface area contributed by atoms with Crippen LogP contribution >= 0.6 is 23.4 Å². The second-order valence-electron chi connectivity index (χ2n) is 8.79. The van der Waals surface area contributed by atoms with E-state index in [1.54, 1.807) is 24.8 Å². The molecule has 2 aliphatic heterocycles. The summed E-state index contributed by atoms with van der Waals surface area (Å²) in [4.78, 5) is 20.6. The molecule has 2 N–H and O–H groups in total. The lowest BCUT2D eigenvalue weighted by atomic mass is 9.77. The molecular weight excluding hydrogens is 468 g/mol. The Bertz CT molecular complexity index is 1240. The molecular formula is C25H25ClN6OS. The highest BCUT2D eigenvalue weighted by molar-refractivity contribution is 7.99. The van der Waals surface area contributed by atoms with Gasteiger partial charge in [0.1, 0.15) is 16.5 Å². The zero-order valence-electron chi connectivity index (χ0n) is 18.9. The monoisotopic (exact) mass is 492 g/mol. The van der Waals surface area contributed by atoms with Gasteiger partial charge in [0.05, 0.1) is 23.9 Å². The van der Waals surface area contributed by atoms with Crippen LogP contribution < -0.4 is 10.6 Å². The third-order valence-electron chi connectivity index (χ3n) is 6.36. The fraction of sp³-hybridized carbons (Fsp3) is 0.360. The predicted octanol–water partition coefficient (Wildman–Crippen LogP) is 4.45. The van der Waals surface area contributed by atoms with Gasteiger partial charge in [-0.05, 0) is 55.7 Å². The molecule has 2 saturated heterocycles. The minimum atomic E-state index is 0.320. The van der Waals surface area contributed by atoms with Gasteiger partial charge in [0.15, 0.2) is 5.82 Å². The molecule has 0 aromatic carbocycles. The highest BCUT2D eigenvalue weighted by Gasteiger charge is 2.41. The lowest BCUT2D eigenvalue weighted by Gasteiger charge is -2.38. The van der Waals surface area contributed by atoms with E-state index >= 15 is 0 Å². The number of halogens is 1. The van der Waals surface area contributed by atoms with Crippen molar-refractivity contribution in [2.75, 3.05) is 30.3 Å². The first-order valence-corrected chi connectivity index (χ1v) is 12.4. The molecule has 2 fully saturated rings. The number of hydrogen-bond acceptors (Lipinski definition) is 8. The average Bonchev–Trinajstić information content (AvgIpc) is 3.21. The third kappa shape index (κ3) is 4.97. The number of aromatic nitrogens is 4. The minimum Gasteiger partial charge on any atom is -0.381 e. The van der Waals surface area contributed by atoms with Crippen LogP contribution in [0.15, 0.2) is 52.9 Å². The summed E-state index contributed by atoms with van der Waals surface area (Å²) in [5.41, 5.74) is 7.96. The fourth-order valence-electron chi connectivity index (χ4n) is 4.48. The van der Waals surface area contributed by atoms with Gasteiger partial charge in [0.25, 0.3) is 0 Å². The Morgan fingerprint density at radius 1 is 1.15 bits per heavy atom. The Balaban J connectivity index is 1.28. The zero-order valence-corrected chi connectivity index (χ0v) is 20.4. The fourth-order valence-corrected chi connectivity index (χ4v) is 5.54. The maximum atomic E-state index is 6.59. The van der Waals surface area contributed by atoms with Gasteiger partial charge in [0, 0.05) is 42.1 Å². The van der Waals surface area contributed by atoms with Gasteiger partial charge in [0.2, 0.25) is 0 Å². The number of nitrogen functional groups attached to an aromatic ring is 1. The molecule has 0 amide bonds. The SMILES string of the molecule is C[C@H]1CC2(CCN(c3cnc(Sc4ccnc(C#Cc5ccncc5)c4Cl)c(N)n3)CC2)CO1. The molecule has 0 unspecified atom stereocenters. The molecule has 174 valence electrons. The molecule has 0 bridgehead atoms. The van der Waals surface area contributed by atoms with Crippen molar-refractivity contribution < 1.29 is 4.74 Å². The number of nitrogens with zero attached hydrogens (tertiary/aromatic N) is 5. The molecule has 1 spiro atoms. The van der Waals surface area contributed by atoms with Crippen LogP contribution in [-0.4, -0.2) is 45.7 Å². The summed E-state index contributed by atoms with van der Waals surface area (Å²) in [5.74, 6) is 7.28. The first-order valence-electron chi connectivity index (χ1n) is 11.2. The van der Waals surface area contributed by atoms with Crippen molar-refractivity contribution in [3.8, 4) is 11.8 Å². The maximum absolute atomic E-state index is 6.59. The van der Waals surface area contributed by atoms with Crippen molar-refractivity contribution in [3.63, 3.8) is 0 Å². The van der Waals surface area contributed by atoms with Crippen LogP contribution in [-0.2, 0) is 4.74 Å². The lowest BCUT2D eigenvalue weighted by molar-refractivity contribution is 0.0976. The van der Waals surface area contributed by atoms with Gasteiger partial charge in [-0.3, -0.25) is 4.98 Å². The summed E-state index contributed by atoms with van der Waals surface area (Å²) in [7, 11) is 0. The van der Waals surface area contributed by atoms with Crippen molar-refractivity contribution in [2.45, 2.75) is 42.2 Å². The number of anilines is 2. The Labute approximate surface area is 208 Å². The van der Waals surface area contributed by atoms with E-state index in [4.69, 9.17) is 22.1 Å². The minimum absolute atomic E-state index is 0.320. The van der Waals surface area contributed by atoms with E-state index in [0.717, 1.165) is 55.2 Å². The van der Waals surface area contributed by atoms with Gasteiger partial charge >= 0.3 is 0 Å². The molecule has 5 rings (SSSR count).